The standard InChI is InChI=1S/C12H9F2N5/c13-7-2-1-3-8(14)6(7)4-9-18-10-11(15)16-5-17-12(10)19-9/h1-3,5H,4H2,(H3,15,16,17,18,19). The lowest BCUT2D eigenvalue weighted by Crippen LogP contribution is -1.98. The van der Waals surface area contributed by atoms with Crippen molar-refractivity contribution in [2.45, 2.75) is 6.42 Å². The quantitative estimate of drug-likeness (QED) is 0.737. The van der Waals surface area contributed by atoms with Crippen LogP contribution in [0.3, 0.4) is 0 Å². The maximum Gasteiger partial charge on any atom is 0.163 e. The molecule has 0 aliphatic heterocycles. The zero-order chi connectivity index (χ0) is 13.4. The number of anilines is 1. The van der Waals surface area contributed by atoms with Crippen molar-refractivity contribution in [3.8, 4) is 0 Å². The molecule has 0 fully saturated rings. The molecule has 7 heteroatoms. The fourth-order valence-corrected chi connectivity index (χ4v) is 1.85. The molecule has 5 nitrogen and oxygen atoms in total. The van der Waals surface area contributed by atoms with E-state index < -0.39 is 11.6 Å². The molecule has 2 aromatic heterocycles. The summed E-state index contributed by atoms with van der Waals surface area (Å²) in [5.41, 5.74) is 6.43. The molecule has 2 heterocycles. The number of nitrogens with two attached hydrogens (primary N) is 1. The minimum Gasteiger partial charge on any atom is -0.382 e. The van der Waals surface area contributed by atoms with Gasteiger partial charge in [0.1, 0.15) is 29.3 Å². The summed E-state index contributed by atoms with van der Waals surface area (Å²) < 4.78 is 27.1. The molecule has 0 atom stereocenters. The molecule has 0 spiro atoms. The van der Waals surface area contributed by atoms with E-state index in [1.165, 1.54) is 24.5 Å². The number of rotatable bonds is 2. The van der Waals surface area contributed by atoms with Crippen LogP contribution in [-0.4, -0.2) is 19.9 Å². The van der Waals surface area contributed by atoms with Gasteiger partial charge in [0.2, 0.25) is 0 Å². The topological polar surface area (TPSA) is 80.5 Å². The molecule has 96 valence electrons. The summed E-state index contributed by atoms with van der Waals surface area (Å²) >= 11 is 0. The van der Waals surface area contributed by atoms with Crippen LogP contribution < -0.4 is 5.73 Å². The highest BCUT2D eigenvalue weighted by Crippen LogP contribution is 2.18. The number of hydrogen-bond acceptors (Lipinski definition) is 4. The Balaban J connectivity index is 2.04. The number of fused-ring (bicyclic) bond motifs is 1. The summed E-state index contributed by atoms with van der Waals surface area (Å²) in [6.07, 6.45) is 1.29. The van der Waals surface area contributed by atoms with Crippen LogP contribution in [0.2, 0.25) is 0 Å². The number of H-pyrrole nitrogens is 1. The summed E-state index contributed by atoms with van der Waals surface area (Å²) in [4.78, 5) is 14.8. The van der Waals surface area contributed by atoms with Gasteiger partial charge in [0.25, 0.3) is 0 Å². The molecule has 3 rings (SSSR count). The predicted octanol–water partition coefficient (Wildman–Crippen LogP) is 1.80. The average Bonchev–Trinajstić information content (AvgIpc) is 2.78. The SMILES string of the molecule is Nc1ncnc2[nH]c(Cc3c(F)cccc3F)nc12. The molecule has 0 saturated carbocycles. The van der Waals surface area contributed by atoms with E-state index in [-0.39, 0.29) is 17.8 Å². The van der Waals surface area contributed by atoms with Gasteiger partial charge in [-0.05, 0) is 12.1 Å². The molecule has 19 heavy (non-hydrogen) atoms. The molecular formula is C12H9F2N5. The van der Waals surface area contributed by atoms with E-state index in [4.69, 9.17) is 5.73 Å². The summed E-state index contributed by atoms with van der Waals surface area (Å²) in [5, 5.41) is 0. The Hall–Kier alpha value is -2.57. The maximum atomic E-state index is 13.5. The lowest BCUT2D eigenvalue weighted by Gasteiger charge is -2.01. The molecule has 0 amide bonds. The lowest BCUT2D eigenvalue weighted by molar-refractivity contribution is 0.559. The Morgan fingerprint density at radius 3 is 2.58 bits per heavy atom. The zero-order valence-corrected chi connectivity index (χ0v) is 9.69. The Morgan fingerprint density at radius 2 is 1.89 bits per heavy atom. The van der Waals surface area contributed by atoms with E-state index in [1.54, 1.807) is 0 Å². The highest BCUT2D eigenvalue weighted by atomic mass is 19.1. The van der Waals surface area contributed by atoms with Gasteiger partial charge in [0.15, 0.2) is 11.5 Å². The van der Waals surface area contributed by atoms with Crippen LogP contribution in [0.15, 0.2) is 24.5 Å². The molecular weight excluding hydrogens is 252 g/mol. The van der Waals surface area contributed by atoms with Crippen molar-refractivity contribution < 1.29 is 8.78 Å². The molecule has 1 aromatic carbocycles. The second kappa shape index (κ2) is 4.27. The molecule has 0 radical (unpaired) electrons. The zero-order valence-electron chi connectivity index (χ0n) is 9.69. The summed E-state index contributed by atoms with van der Waals surface area (Å²) in [5.74, 6) is -0.619. The first kappa shape index (κ1) is 11.5. The van der Waals surface area contributed by atoms with Gasteiger partial charge in [-0.1, -0.05) is 6.07 Å². The number of nitrogens with zero attached hydrogens (tertiary/aromatic N) is 3. The molecule has 3 aromatic rings. The van der Waals surface area contributed by atoms with Crippen LogP contribution in [0.5, 0.6) is 0 Å². The van der Waals surface area contributed by atoms with Gasteiger partial charge in [0, 0.05) is 12.0 Å². The van der Waals surface area contributed by atoms with Crippen LogP contribution in [0, 0.1) is 11.6 Å². The fourth-order valence-electron chi connectivity index (χ4n) is 1.85. The van der Waals surface area contributed by atoms with Gasteiger partial charge in [0.05, 0.1) is 0 Å². The molecule has 0 saturated heterocycles. The minimum atomic E-state index is -0.612. The normalized spacial score (nSPS) is 11.1. The largest absolute Gasteiger partial charge is 0.382 e. The smallest absolute Gasteiger partial charge is 0.163 e. The first-order valence-electron chi connectivity index (χ1n) is 5.53. The number of benzene rings is 1. The van der Waals surface area contributed by atoms with E-state index >= 15 is 0 Å². The van der Waals surface area contributed by atoms with Gasteiger partial charge in [-0.15, -0.1) is 0 Å². The van der Waals surface area contributed by atoms with Crippen LogP contribution in [0.4, 0.5) is 14.6 Å². The predicted molar refractivity (Wildman–Crippen MR) is 65.3 cm³/mol. The monoisotopic (exact) mass is 261 g/mol. The highest BCUT2D eigenvalue weighted by molar-refractivity contribution is 5.81. The second-order valence-electron chi connectivity index (χ2n) is 4.02. The van der Waals surface area contributed by atoms with Crippen molar-refractivity contribution in [3.05, 3.63) is 47.5 Å². The molecule has 0 aliphatic carbocycles. The first-order valence-corrected chi connectivity index (χ1v) is 5.53. The number of nitrogen functional groups attached to an aromatic ring is 1. The first-order chi connectivity index (χ1) is 9.15. The third-order valence-corrected chi connectivity index (χ3v) is 2.77. The number of nitrogens with one attached hydrogen (secondary N) is 1. The fraction of sp³-hybridized carbons (Fsp3) is 0.0833. The van der Waals surface area contributed by atoms with E-state index in [1.807, 2.05) is 0 Å². The van der Waals surface area contributed by atoms with Gasteiger partial charge in [-0.2, -0.15) is 0 Å². The van der Waals surface area contributed by atoms with Crippen molar-refractivity contribution in [1.82, 2.24) is 19.9 Å². The van der Waals surface area contributed by atoms with Crippen molar-refractivity contribution in [2.24, 2.45) is 0 Å². The van der Waals surface area contributed by atoms with Crippen molar-refractivity contribution in [3.63, 3.8) is 0 Å². The van der Waals surface area contributed by atoms with Crippen LogP contribution >= 0.6 is 0 Å². The minimum absolute atomic E-state index is 0.00565. The second-order valence-corrected chi connectivity index (χ2v) is 4.02. The molecule has 0 aliphatic rings. The van der Waals surface area contributed by atoms with Crippen molar-refractivity contribution in [2.75, 3.05) is 5.73 Å². The Labute approximate surface area is 106 Å². The van der Waals surface area contributed by atoms with Crippen molar-refractivity contribution in [1.29, 1.82) is 0 Å². The van der Waals surface area contributed by atoms with Crippen LogP contribution in [0.25, 0.3) is 11.2 Å². The van der Waals surface area contributed by atoms with Crippen molar-refractivity contribution >= 4 is 17.0 Å². The summed E-state index contributed by atoms with van der Waals surface area (Å²) in [7, 11) is 0. The van der Waals surface area contributed by atoms with Gasteiger partial charge in [-0.25, -0.2) is 23.7 Å². The lowest BCUT2D eigenvalue weighted by atomic mass is 10.1. The third-order valence-electron chi connectivity index (χ3n) is 2.77. The molecule has 0 unspecified atom stereocenters. The summed E-state index contributed by atoms with van der Waals surface area (Å²) in [6, 6.07) is 3.72. The van der Waals surface area contributed by atoms with Gasteiger partial charge in [-0.3, -0.25) is 0 Å². The van der Waals surface area contributed by atoms with Crippen LogP contribution in [-0.2, 0) is 6.42 Å². The average molecular weight is 261 g/mol. The Morgan fingerprint density at radius 1 is 1.16 bits per heavy atom. The summed E-state index contributed by atoms with van der Waals surface area (Å²) in [6.45, 7) is 0. The number of aromatic nitrogens is 4. The molecule has 3 N–H and O–H groups in total. The van der Waals surface area contributed by atoms with Gasteiger partial charge >= 0.3 is 0 Å². The number of aromatic amines is 1. The van der Waals surface area contributed by atoms with Gasteiger partial charge < -0.3 is 10.7 Å². The number of halogens is 2. The Bertz CT molecular complexity index is 733. The van der Waals surface area contributed by atoms with E-state index in [2.05, 4.69) is 19.9 Å². The maximum absolute atomic E-state index is 13.5. The number of hydrogen-bond donors (Lipinski definition) is 2. The van der Waals surface area contributed by atoms with E-state index in [0.29, 0.717) is 17.0 Å². The molecule has 0 bridgehead atoms. The van der Waals surface area contributed by atoms with E-state index in [9.17, 15) is 8.78 Å². The third kappa shape index (κ3) is 1.99. The highest BCUT2D eigenvalue weighted by Gasteiger charge is 2.13. The van der Waals surface area contributed by atoms with E-state index in [0.717, 1.165) is 0 Å². The van der Waals surface area contributed by atoms with Crippen LogP contribution in [0.1, 0.15) is 11.4 Å². The Kier molecular flexibility index (Phi) is 2.59. The number of imidazole rings is 1.